The van der Waals surface area contributed by atoms with Gasteiger partial charge < -0.3 is 32.8 Å². The van der Waals surface area contributed by atoms with Gasteiger partial charge in [0.2, 0.25) is 0 Å². The summed E-state index contributed by atoms with van der Waals surface area (Å²) < 4.78 is 44.5. The van der Waals surface area contributed by atoms with Gasteiger partial charge in [0.1, 0.15) is 30.2 Å². The Kier molecular flexibility index (Phi) is 9.90. The second kappa shape index (κ2) is 12.7. The van der Waals surface area contributed by atoms with E-state index in [-0.39, 0.29) is 16.9 Å². The van der Waals surface area contributed by atoms with Crippen molar-refractivity contribution in [3.05, 3.63) is 66.2 Å². The summed E-state index contributed by atoms with van der Waals surface area (Å²) >= 11 is 5.47. The van der Waals surface area contributed by atoms with E-state index in [0.29, 0.717) is 5.75 Å². The van der Waals surface area contributed by atoms with Crippen molar-refractivity contribution < 1.29 is 32.8 Å². The van der Waals surface area contributed by atoms with E-state index >= 15 is 0 Å². The maximum atomic E-state index is 6.95. The van der Waals surface area contributed by atoms with Gasteiger partial charge in [-0.15, -0.1) is 0 Å². The van der Waals surface area contributed by atoms with E-state index in [2.05, 4.69) is 45.7 Å². The summed E-state index contributed by atoms with van der Waals surface area (Å²) in [5.41, 5.74) is 0.893. The minimum Gasteiger partial charge on any atom is -0.448 e. The lowest BCUT2D eigenvalue weighted by Gasteiger charge is -2.44. The Hall–Kier alpha value is -2.29. The average Bonchev–Trinajstić information content (AvgIpc) is 3.23. The standard InChI is InChI=1S/C33H44O7SSi/c1-31(2,3)42(8,9)40-25(21-20-23-16-12-10-13-17-23)27-29(39-33(6,7)38-27)28-26(22-34-32(4,5)37-28)36-30(41)35-24-18-14-11-15-19-24/h10-19,25-29H,22H2,1-9H3/t25-,26-,27+,28-,29+/m1/s1. The molecule has 2 aliphatic heterocycles. The highest BCUT2D eigenvalue weighted by molar-refractivity contribution is 7.79. The Labute approximate surface area is 257 Å². The quantitative estimate of drug-likeness (QED) is 0.199. The third-order valence-electron chi connectivity index (χ3n) is 7.72. The SMILES string of the molecule is CC1(C)O[C@H]([C@@H]2OC(C)(C)OC[C@H]2OC(=S)Oc2ccccc2)[C@H]([C@@H](C#Cc2ccccc2)O[Si](C)(C)C(C)(C)C)O1. The molecule has 0 bridgehead atoms. The molecule has 0 spiro atoms. The van der Waals surface area contributed by atoms with E-state index in [4.69, 9.17) is 45.1 Å². The predicted molar refractivity (Wildman–Crippen MR) is 169 cm³/mol. The largest absolute Gasteiger partial charge is 0.448 e. The summed E-state index contributed by atoms with van der Waals surface area (Å²) in [5.74, 6) is 5.48. The third kappa shape index (κ3) is 8.41. The number of ether oxygens (including phenoxy) is 6. The van der Waals surface area contributed by atoms with Gasteiger partial charge in [-0.3, -0.25) is 0 Å². The van der Waals surface area contributed by atoms with Crippen LogP contribution in [-0.2, 0) is 28.1 Å². The van der Waals surface area contributed by atoms with E-state index in [1.54, 1.807) is 0 Å². The minimum absolute atomic E-state index is 0.0317. The van der Waals surface area contributed by atoms with Gasteiger partial charge >= 0.3 is 5.24 Å². The number of thiocarbonyl (C=S) groups is 1. The average molecular weight is 613 g/mol. The van der Waals surface area contributed by atoms with Crippen LogP contribution in [0.4, 0.5) is 0 Å². The third-order valence-corrected chi connectivity index (χ3v) is 12.4. The molecule has 2 saturated heterocycles. The maximum Gasteiger partial charge on any atom is 0.358 e. The van der Waals surface area contributed by atoms with E-state index in [9.17, 15) is 0 Å². The van der Waals surface area contributed by atoms with Crippen molar-refractivity contribution in [1.82, 2.24) is 0 Å². The van der Waals surface area contributed by atoms with E-state index in [1.165, 1.54) is 0 Å². The van der Waals surface area contributed by atoms with Crippen LogP contribution in [0.15, 0.2) is 60.7 Å². The Morgan fingerprint density at radius 1 is 0.905 bits per heavy atom. The van der Waals surface area contributed by atoms with E-state index in [1.807, 2.05) is 88.4 Å². The lowest BCUT2D eigenvalue weighted by molar-refractivity contribution is -0.321. The van der Waals surface area contributed by atoms with Crippen LogP contribution < -0.4 is 4.74 Å². The van der Waals surface area contributed by atoms with Gasteiger partial charge in [0.15, 0.2) is 26.0 Å². The van der Waals surface area contributed by atoms with Crippen LogP contribution in [0.2, 0.25) is 18.1 Å². The topological polar surface area (TPSA) is 64.6 Å². The number of hydrogen-bond donors (Lipinski definition) is 0. The fourth-order valence-electron chi connectivity index (χ4n) is 4.58. The summed E-state index contributed by atoms with van der Waals surface area (Å²) in [4.78, 5) is 0. The zero-order chi connectivity index (χ0) is 30.8. The molecule has 0 saturated carbocycles. The van der Waals surface area contributed by atoms with Crippen molar-refractivity contribution >= 4 is 25.8 Å². The van der Waals surface area contributed by atoms with Crippen molar-refractivity contribution in [2.24, 2.45) is 0 Å². The first-order chi connectivity index (χ1) is 19.6. The highest BCUT2D eigenvalue weighted by atomic mass is 32.1. The Morgan fingerprint density at radius 2 is 1.50 bits per heavy atom. The summed E-state index contributed by atoms with van der Waals surface area (Å²) in [6.07, 6.45) is -3.04. The summed E-state index contributed by atoms with van der Waals surface area (Å²) in [6.45, 7) is 18.7. The van der Waals surface area contributed by atoms with Crippen molar-refractivity contribution in [2.75, 3.05) is 6.61 Å². The maximum absolute atomic E-state index is 6.95. The van der Waals surface area contributed by atoms with Gasteiger partial charge in [-0.2, -0.15) is 0 Å². The smallest absolute Gasteiger partial charge is 0.358 e. The number of rotatable bonds is 6. The van der Waals surface area contributed by atoms with Crippen LogP contribution in [-0.4, -0.2) is 62.3 Å². The predicted octanol–water partition coefficient (Wildman–Crippen LogP) is 6.85. The lowest BCUT2D eigenvalue weighted by atomic mass is 9.97. The molecular formula is C33H44O7SSi. The number of para-hydroxylation sites is 1. The van der Waals surface area contributed by atoms with Crippen molar-refractivity contribution in [1.29, 1.82) is 0 Å². The van der Waals surface area contributed by atoms with E-state index < -0.39 is 50.4 Å². The Morgan fingerprint density at radius 3 is 2.12 bits per heavy atom. The molecule has 2 fully saturated rings. The van der Waals surface area contributed by atoms with Crippen LogP contribution in [0.1, 0.15) is 54.0 Å². The van der Waals surface area contributed by atoms with Crippen LogP contribution in [0.25, 0.3) is 0 Å². The van der Waals surface area contributed by atoms with Crippen LogP contribution in [0.3, 0.4) is 0 Å². The zero-order valence-electron chi connectivity index (χ0n) is 26.1. The monoisotopic (exact) mass is 612 g/mol. The molecule has 0 radical (unpaired) electrons. The molecule has 0 aliphatic carbocycles. The lowest BCUT2D eigenvalue weighted by Crippen LogP contribution is -2.59. The molecule has 2 aliphatic rings. The molecule has 5 atom stereocenters. The van der Waals surface area contributed by atoms with Gasteiger partial charge in [0, 0.05) is 17.8 Å². The van der Waals surface area contributed by atoms with Gasteiger partial charge in [-0.05, 0) is 70.1 Å². The molecule has 0 amide bonds. The molecule has 0 unspecified atom stereocenters. The summed E-state index contributed by atoms with van der Waals surface area (Å²) in [5, 5.41) is -0.0794. The Bertz CT molecular complexity index is 1260. The molecule has 228 valence electrons. The molecule has 0 N–H and O–H groups in total. The second-order valence-corrected chi connectivity index (χ2v) is 18.2. The van der Waals surface area contributed by atoms with Gasteiger partial charge in [0.25, 0.3) is 0 Å². The second-order valence-electron chi connectivity index (χ2n) is 13.1. The number of benzene rings is 2. The van der Waals surface area contributed by atoms with E-state index in [0.717, 1.165) is 5.56 Å². The zero-order valence-corrected chi connectivity index (χ0v) is 27.9. The first-order valence-electron chi connectivity index (χ1n) is 14.4. The van der Waals surface area contributed by atoms with Crippen molar-refractivity contribution in [3.63, 3.8) is 0 Å². The van der Waals surface area contributed by atoms with Gasteiger partial charge in [-0.1, -0.05) is 69.0 Å². The highest BCUT2D eigenvalue weighted by Gasteiger charge is 2.56. The number of hydrogen-bond acceptors (Lipinski definition) is 8. The van der Waals surface area contributed by atoms with Crippen molar-refractivity contribution in [3.8, 4) is 17.6 Å². The molecule has 4 rings (SSSR count). The molecule has 2 heterocycles. The molecule has 2 aromatic carbocycles. The first kappa shape index (κ1) is 32.6. The summed E-state index contributed by atoms with van der Waals surface area (Å²) in [6, 6.07) is 19.1. The minimum atomic E-state index is -2.29. The molecule has 42 heavy (non-hydrogen) atoms. The van der Waals surface area contributed by atoms with Crippen LogP contribution in [0.5, 0.6) is 5.75 Å². The van der Waals surface area contributed by atoms with Crippen LogP contribution in [0, 0.1) is 11.8 Å². The normalized spacial score (nSPS) is 26.0. The molecule has 0 aromatic heterocycles. The van der Waals surface area contributed by atoms with Gasteiger partial charge in [-0.25, -0.2) is 0 Å². The van der Waals surface area contributed by atoms with Gasteiger partial charge in [0.05, 0.1) is 6.61 Å². The fourth-order valence-corrected chi connectivity index (χ4v) is 5.98. The van der Waals surface area contributed by atoms with Crippen LogP contribution >= 0.6 is 12.2 Å². The van der Waals surface area contributed by atoms with Crippen molar-refractivity contribution in [2.45, 2.75) is 109 Å². The molecular weight excluding hydrogens is 569 g/mol. The Balaban J connectivity index is 1.67. The first-order valence-corrected chi connectivity index (χ1v) is 17.7. The molecule has 7 nitrogen and oxygen atoms in total. The summed E-state index contributed by atoms with van der Waals surface area (Å²) in [7, 11) is -2.29. The fraction of sp³-hybridized carbons (Fsp3) is 0.545. The molecule has 9 heteroatoms. The molecule has 2 aromatic rings. The highest BCUT2D eigenvalue weighted by Crippen LogP contribution is 2.42.